The summed E-state index contributed by atoms with van der Waals surface area (Å²) in [5, 5.41) is 0. The molecule has 0 saturated heterocycles. The topological polar surface area (TPSA) is 3.24 Å². The molecule has 0 aliphatic heterocycles. The predicted molar refractivity (Wildman–Crippen MR) is 83.2 cm³/mol. The lowest BCUT2D eigenvalue weighted by Crippen LogP contribution is -2.25. The van der Waals surface area contributed by atoms with Crippen LogP contribution in [-0.4, -0.2) is 18.0 Å². The van der Waals surface area contributed by atoms with Crippen LogP contribution < -0.4 is 0 Å². The van der Waals surface area contributed by atoms with Crippen molar-refractivity contribution in [1.29, 1.82) is 0 Å². The van der Waals surface area contributed by atoms with Crippen LogP contribution in [0, 0.1) is 6.92 Å². The monoisotopic (exact) mass is 253 g/mol. The van der Waals surface area contributed by atoms with Crippen molar-refractivity contribution in [2.75, 3.05) is 7.05 Å². The Morgan fingerprint density at radius 1 is 0.895 bits per heavy atom. The van der Waals surface area contributed by atoms with Crippen molar-refractivity contribution < 1.29 is 0 Å². The summed E-state index contributed by atoms with van der Waals surface area (Å²) >= 11 is 0. The van der Waals surface area contributed by atoms with Crippen LogP contribution in [0.2, 0.25) is 0 Å². The Hall–Kier alpha value is -1.60. The van der Waals surface area contributed by atoms with Crippen LogP contribution in [0.5, 0.6) is 0 Å². The van der Waals surface area contributed by atoms with Crippen molar-refractivity contribution in [3.8, 4) is 11.1 Å². The lowest BCUT2D eigenvalue weighted by molar-refractivity contribution is 0.266. The molecule has 0 aromatic heterocycles. The summed E-state index contributed by atoms with van der Waals surface area (Å²) < 4.78 is 0. The summed E-state index contributed by atoms with van der Waals surface area (Å²) in [7, 11) is 2.18. The second-order valence-electron chi connectivity index (χ2n) is 5.48. The molecule has 0 amide bonds. The van der Waals surface area contributed by atoms with Gasteiger partial charge in [0.1, 0.15) is 0 Å². The summed E-state index contributed by atoms with van der Waals surface area (Å²) in [6.45, 7) is 7.63. The van der Waals surface area contributed by atoms with Crippen molar-refractivity contribution >= 4 is 0 Å². The molecule has 0 unspecified atom stereocenters. The molecule has 0 saturated carbocycles. The Bertz CT molecular complexity index is 543. The van der Waals surface area contributed by atoms with Gasteiger partial charge in [-0.25, -0.2) is 0 Å². The quantitative estimate of drug-likeness (QED) is 0.775. The lowest BCUT2D eigenvalue weighted by atomic mass is 9.96. The standard InChI is InChI=1S/C18H23N/c1-14(2)19(4)13-16-10-6-8-12-18(16)17-11-7-5-9-15(17)3/h5-12,14H,13H2,1-4H3. The molecule has 2 aromatic carbocycles. The van der Waals surface area contributed by atoms with Crippen molar-refractivity contribution in [2.45, 2.75) is 33.4 Å². The van der Waals surface area contributed by atoms with E-state index in [1.165, 1.54) is 22.3 Å². The molecule has 0 aliphatic rings. The van der Waals surface area contributed by atoms with Crippen LogP contribution in [0.15, 0.2) is 48.5 Å². The van der Waals surface area contributed by atoms with E-state index in [1.54, 1.807) is 0 Å². The molecule has 1 heteroatoms. The van der Waals surface area contributed by atoms with Gasteiger partial charge in [0.2, 0.25) is 0 Å². The van der Waals surface area contributed by atoms with Crippen LogP contribution in [0.25, 0.3) is 11.1 Å². The van der Waals surface area contributed by atoms with E-state index in [4.69, 9.17) is 0 Å². The fraction of sp³-hybridized carbons (Fsp3) is 0.333. The highest BCUT2D eigenvalue weighted by molar-refractivity contribution is 5.70. The van der Waals surface area contributed by atoms with Gasteiger partial charge in [0.05, 0.1) is 0 Å². The number of nitrogens with zero attached hydrogens (tertiary/aromatic N) is 1. The summed E-state index contributed by atoms with van der Waals surface area (Å²) in [4.78, 5) is 2.37. The highest BCUT2D eigenvalue weighted by atomic mass is 15.1. The molecule has 19 heavy (non-hydrogen) atoms. The van der Waals surface area contributed by atoms with Gasteiger partial charge in [-0.3, -0.25) is 4.90 Å². The van der Waals surface area contributed by atoms with E-state index in [1.807, 2.05) is 0 Å². The molecule has 0 radical (unpaired) electrons. The molecular weight excluding hydrogens is 230 g/mol. The maximum Gasteiger partial charge on any atom is 0.0239 e. The second-order valence-corrected chi connectivity index (χ2v) is 5.48. The molecule has 0 atom stereocenters. The minimum absolute atomic E-state index is 0.560. The number of hydrogen-bond donors (Lipinski definition) is 0. The summed E-state index contributed by atoms with van der Waals surface area (Å²) in [5.41, 5.74) is 5.43. The van der Waals surface area contributed by atoms with Crippen molar-refractivity contribution in [3.05, 3.63) is 59.7 Å². The first-order chi connectivity index (χ1) is 9.09. The molecule has 2 rings (SSSR count). The van der Waals surface area contributed by atoms with Gasteiger partial charge in [0.25, 0.3) is 0 Å². The average Bonchev–Trinajstić information content (AvgIpc) is 2.40. The zero-order chi connectivity index (χ0) is 13.8. The molecule has 0 bridgehead atoms. The normalized spacial score (nSPS) is 11.3. The van der Waals surface area contributed by atoms with Crippen molar-refractivity contribution in [1.82, 2.24) is 4.90 Å². The molecule has 2 aromatic rings. The van der Waals surface area contributed by atoms with E-state index in [0.29, 0.717) is 6.04 Å². The lowest BCUT2D eigenvalue weighted by Gasteiger charge is -2.23. The van der Waals surface area contributed by atoms with Crippen LogP contribution >= 0.6 is 0 Å². The van der Waals surface area contributed by atoms with Gasteiger partial charge >= 0.3 is 0 Å². The van der Waals surface area contributed by atoms with Crippen molar-refractivity contribution in [2.24, 2.45) is 0 Å². The summed E-state index contributed by atoms with van der Waals surface area (Å²) in [5.74, 6) is 0. The SMILES string of the molecule is Cc1ccccc1-c1ccccc1CN(C)C(C)C. The third kappa shape index (κ3) is 3.24. The summed E-state index contributed by atoms with van der Waals surface area (Å²) in [6, 6.07) is 17.9. The Morgan fingerprint density at radius 2 is 1.47 bits per heavy atom. The van der Waals surface area contributed by atoms with Gasteiger partial charge in [-0.05, 0) is 50.1 Å². The van der Waals surface area contributed by atoms with Crippen LogP contribution in [0.3, 0.4) is 0 Å². The number of aryl methyl sites for hydroxylation is 1. The first kappa shape index (κ1) is 13.8. The van der Waals surface area contributed by atoms with Gasteiger partial charge in [0.15, 0.2) is 0 Å². The largest absolute Gasteiger partial charge is 0.300 e. The number of hydrogen-bond acceptors (Lipinski definition) is 1. The third-order valence-electron chi connectivity index (χ3n) is 3.75. The van der Waals surface area contributed by atoms with E-state index in [9.17, 15) is 0 Å². The fourth-order valence-electron chi connectivity index (χ4n) is 2.25. The Morgan fingerprint density at radius 3 is 2.11 bits per heavy atom. The minimum atomic E-state index is 0.560. The molecule has 0 N–H and O–H groups in total. The maximum absolute atomic E-state index is 2.37. The predicted octanol–water partition coefficient (Wildman–Crippen LogP) is 4.50. The van der Waals surface area contributed by atoms with E-state index in [0.717, 1.165) is 6.54 Å². The first-order valence-electron chi connectivity index (χ1n) is 6.93. The van der Waals surface area contributed by atoms with Gasteiger partial charge in [0, 0.05) is 12.6 Å². The highest BCUT2D eigenvalue weighted by Gasteiger charge is 2.10. The number of rotatable bonds is 4. The van der Waals surface area contributed by atoms with Crippen LogP contribution in [0.4, 0.5) is 0 Å². The van der Waals surface area contributed by atoms with Gasteiger partial charge < -0.3 is 0 Å². The third-order valence-corrected chi connectivity index (χ3v) is 3.75. The van der Waals surface area contributed by atoms with Gasteiger partial charge in [-0.1, -0.05) is 48.5 Å². The van der Waals surface area contributed by atoms with E-state index < -0.39 is 0 Å². The smallest absolute Gasteiger partial charge is 0.0239 e. The zero-order valence-corrected chi connectivity index (χ0v) is 12.4. The summed E-state index contributed by atoms with van der Waals surface area (Å²) in [6.07, 6.45) is 0. The molecule has 0 heterocycles. The number of benzene rings is 2. The van der Waals surface area contributed by atoms with E-state index >= 15 is 0 Å². The molecule has 100 valence electrons. The molecular formula is C18H23N. The molecule has 0 spiro atoms. The first-order valence-corrected chi connectivity index (χ1v) is 6.93. The average molecular weight is 253 g/mol. The van der Waals surface area contributed by atoms with Gasteiger partial charge in [-0.2, -0.15) is 0 Å². The van der Waals surface area contributed by atoms with Crippen molar-refractivity contribution in [3.63, 3.8) is 0 Å². The highest BCUT2D eigenvalue weighted by Crippen LogP contribution is 2.27. The Balaban J connectivity index is 2.39. The fourth-order valence-corrected chi connectivity index (χ4v) is 2.25. The second kappa shape index (κ2) is 6.03. The van der Waals surface area contributed by atoms with Crippen LogP contribution in [-0.2, 0) is 6.54 Å². The van der Waals surface area contributed by atoms with E-state index in [-0.39, 0.29) is 0 Å². The van der Waals surface area contributed by atoms with Gasteiger partial charge in [-0.15, -0.1) is 0 Å². The Kier molecular flexibility index (Phi) is 4.39. The molecule has 1 nitrogen and oxygen atoms in total. The maximum atomic E-state index is 2.37. The Labute approximate surface area is 116 Å². The van der Waals surface area contributed by atoms with Crippen LogP contribution in [0.1, 0.15) is 25.0 Å². The van der Waals surface area contributed by atoms with E-state index in [2.05, 4.69) is 81.2 Å². The minimum Gasteiger partial charge on any atom is -0.300 e. The molecule has 0 aliphatic carbocycles. The molecule has 0 fully saturated rings. The zero-order valence-electron chi connectivity index (χ0n) is 12.4.